The van der Waals surface area contributed by atoms with Crippen molar-refractivity contribution in [1.82, 2.24) is 10.3 Å². The predicted octanol–water partition coefficient (Wildman–Crippen LogP) is 3.06. The van der Waals surface area contributed by atoms with Crippen molar-refractivity contribution in [3.05, 3.63) is 53.9 Å². The highest BCUT2D eigenvalue weighted by molar-refractivity contribution is 5.43. The third-order valence-electron chi connectivity index (χ3n) is 4.64. The lowest BCUT2D eigenvalue weighted by Crippen LogP contribution is -2.34. The Balaban J connectivity index is 1.59. The van der Waals surface area contributed by atoms with Crippen molar-refractivity contribution in [2.24, 2.45) is 0 Å². The first-order valence-corrected chi connectivity index (χ1v) is 8.84. The minimum atomic E-state index is -0.119. The lowest BCUT2D eigenvalue weighted by atomic mass is 9.93. The number of hydrogen-bond donors (Lipinski definition) is 2. The molecule has 0 unspecified atom stereocenters. The average Bonchev–Trinajstić information content (AvgIpc) is 2.67. The van der Waals surface area contributed by atoms with Crippen molar-refractivity contribution in [1.29, 1.82) is 0 Å². The topological polar surface area (TPSA) is 63.6 Å². The number of hydrogen-bond acceptors (Lipinski definition) is 5. The third kappa shape index (κ3) is 5.18. The summed E-state index contributed by atoms with van der Waals surface area (Å²) in [6.07, 6.45) is 7.27. The van der Waals surface area contributed by atoms with Gasteiger partial charge in [0, 0.05) is 30.5 Å². The number of nitrogens with zero attached hydrogens (tertiary/aromatic N) is 1. The number of nitrogens with one attached hydrogen (secondary N) is 1. The first-order valence-electron chi connectivity index (χ1n) is 8.84. The Hall–Kier alpha value is -2.11. The second kappa shape index (κ2) is 8.83. The molecular formula is C20H26N2O3. The summed E-state index contributed by atoms with van der Waals surface area (Å²) in [4.78, 5) is 4.10. The molecule has 0 saturated heterocycles. The van der Waals surface area contributed by atoms with Crippen LogP contribution in [0, 0.1) is 0 Å². The molecule has 0 aliphatic heterocycles. The predicted molar refractivity (Wildman–Crippen MR) is 96.7 cm³/mol. The molecule has 0 atom stereocenters. The molecule has 3 rings (SSSR count). The van der Waals surface area contributed by atoms with E-state index >= 15 is 0 Å². The van der Waals surface area contributed by atoms with E-state index in [1.165, 1.54) is 0 Å². The van der Waals surface area contributed by atoms with E-state index in [9.17, 15) is 5.11 Å². The van der Waals surface area contributed by atoms with Crippen molar-refractivity contribution in [3.63, 3.8) is 0 Å². The Morgan fingerprint density at radius 2 is 1.96 bits per heavy atom. The van der Waals surface area contributed by atoms with E-state index in [0.29, 0.717) is 12.6 Å². The molecule has 5 heteroatoms. The maximum Gasteiger partial charge on any atom is 0.161 e. The van der Waals surface area contributed by atoms with Crippen LogP contribution >= 0.6 is 0 Å². The summed E-state index contributed by atoms with van der Waals surface area (Å²) in [5.74, 6) is 1.47. The smallest absolute Gasteiger partial charge is 0.161 e. The fourth-order valence-electron chi connectivity index (χ4n) is 3.13. The van der Waals surface area contributed by atoms with Gasteiger partial charge in [-0.05, 0) is 49.4 Å². The van der Waals surface area contributed by atoms with E-state index in [4.69, 9.17) is 9.47 Å². The van der Waals surface area contributed by atoms with Crippen molar-refractivity contribution < 1.29 is 14.6 Å². The van der Waals surface area contributed by atoms with Crippen LogP contribution in [0.4, 0.5) is 0 Å². The van der Waals surface area contributed by atoms with Crippen LogP contribution in [0.2, 0.25) is 0 Å². The fourth-order valence-corrected chi connectivity index (χ4v) is 3.13. The summed E-state index contributed by atoms with van der Waals surface area (Å²) in [5, 5.41) is 13.2. The Bertz CT molecular complexity index is 655. The van der Waals surface area contributed by atoms with Crippen LogP contribution < -0.4 is 14.8 Å². The van der Waals surface area contributed by atoms with E-state index in [1.54, 1.807) is 19.5 Å². The molecule has 0 amide bonds. The van der Waals surface area contributed by atoms with Crippen molar-refractivity contribution in [2.45, 2.75) is 51.0 Å². The Labute approximate surface area is 149 Å². The number of rotatable bonds is 7. The van der Waals surface area contributed by atoms with Gasteiger partial charge in [0.05, 0.1) is 13.2 Å². The minimum Gasteiger partial charge on any atom is -0.493 e. The largest absolute Gasteiger partial charge is 0.493 e. The van der Waals surface area contributed by atoms with Crippen LogP contribution in [-0.2, 0) is 13.2 Å². The van der Waals surface area contributed by atoms with Gasteiger partial charge in [0.2, 0.25) is 0 Å². The Morgan fingerprint density at radius 3 is 2.68 bits per heavy atom. The third-order valence-corrected chi connectivity index (χ3v) is 4.64. The zero-order valence-corrected chi connectivity index (χ0v) is 14.6. The van der Waals surface area contributed by atoms with Crippen LogP contribution in [0.15, 0.2) is 42.7 Å². The normalized spacial score (nSPS) is 20.2. The molecule has 1 heterocycles. The Morgan fingerprint density at radius 1 is 1.12 bits per heavy atom. The van der Waals surface area contributed by atoms with Crippen LogP contribution in [0.1, 0.15) is 36.8 Å². The summed E-state index contributed by atoms with van der Waals surface area (Å²) in [7, 11) is 1.65. The molecule has 1 aliphatic carbocycles. The van der Waals surface area contributed by atoms with Gasteiger partial charge in [0.25, 0.3) is 0 Å². The zero-order valence-electron chi connectivity index (χ0n) is 14.6. The number of methoxy groups -OCH3 is 1. The molecule has 5 nitrogen and oxygen atoms in total. The highest BCUT2D eigenvalue weighted by Gasteiger charge is 2.18. The fraction of sp³-hybridized carbons (Fsp3) is 0.450. The van der Waals surface area contributed by atoms with Crippen molar-refractivity contribution in [2.75, 3.05) is 7.11 Å². The summed E-state index contributed by atoms with van der Waals surface area (Å²) >= 11 is 0. The molecule has 134 valence electrons. The summed E-state index contributed by atoms with van der Waals surface area (Å²) < 4.78 is 11.3. The molecule has 1 saturated carbocycles. The van der Waals surface area contributed by atoms with E-state index in [0.717, 1.165) is 54.9 Å². The number of ether oxygens (including phenoxy) is 2. The standard InChI is InChI=1S/C20H26N2O3/c1-24-19-9-4-15(13-22-17-5-7-18(23)8-6-17)11-20(19)25-14-16-3-2-10-21-12-16/h2-4,9-12,17-18,22-23H,5-8,13-14H2,1H3. The van der Waals surface area contributed by atoms with Crippen LogP contribution in [-0.4, -0.2) is 29.3 Å². The number of aliphatic hydroxyl groups excluding tert-OH is 1. The number of aromatic nitrogens is 1. The molecule has 0 bridgehead atoms. The SMILES string of the molecule is COc1ccc(CNC2CCC(O)CC2)cc1OCc1cccnc1. The van der Waals surface area contributed by atoms with Gasteiger partial charge < -0.3 is 19.9 Å². The molecule has 1 aromatic heterocycles. The molecular weight excluding hydrogens is 316 g/mol. The molecule has 1 aromatic carbocycles. The molecule has 1 fully saturated rings. The van der Waals surface area contributed by atoms with Crippen molar-refractivity contribution >= 4 is 0 Å². The van der Waals surface area contributed by atoms with E-state index in [2.05, 4.69) is 16.4 Å². The first kappa shape index (κ1) is 17.7. The maximum absolute atomic E-state index is 9.60. The van der Waals surface area contributed by atoms with E-state index in [1.807, 2.05) is 24.3 Å². The molecule has 0 radical (unpaired) electrons. The summed E-state index contributed by atoms with van der Waals surface area (Å²) in [6.45, 7) is 1.25. The highest BCUT2D eigenvalue weighted by atomic mass is 16.5. The maximum atomic E-state index is 9.60. The van der Waals surface area contributed by atoms with Gasteiger partial charge in [-0.1, -0.05) is 12.1 Å². The molecule has 2 N–H and O–H groups in total. The average molecular weight is 342 g/mol. The number of aliphatic hydroxyl groups is 1. The monoisotopic (exact) mass is 342 g/mol. The number of benzene rings is 1. The highest BCUT2D eigenvalue weighted by Crippen LogP contribution is 2.29. The van der Waals surface area contributed by atoms with Gasteiger partial charge in [-0.25, -0.2) is 0 Å². The molecule has 1 aliphatic rings. The van der Waals surface area contributed by atoms with Gasteiger partial charge in [0.1, 0.15) is 6.61 Å². The van der Waals surface area contributed by atoms with Gasteiger partial charge in [0.15, 0.2) is 11.5 Å². The minimum absolute atomic E-state index is 0.119. The molecule has 25 heavy (non-hydrogen) atoms. The molecule has 2 aromatic rings. The van der Waals surface area contributed by atoms with Crippen LogP contribution in [0.5, 0.6) is 11.5 Å². The first-order chi connectivity index (χ1) is 12.2. The van der Waals surface area contributed by atoms with Crippen molar-refractivity contribution in [3.8, 4) is 11.5 Å². The van der Waals surface area contributed by atoms with Crippen LogP contribution in [0.3, 0.4) is 0 Å². The molecule has 0 spiro atoms. The summed E-state index contributed by atoms with van der Waals surface area (Å²) in [5.41, 5.74) is 2.18. The van der Waals surface area contributed by atoms with E-state index in [-0.39, 0.29) is 6.10 Å². The van der Waals surface area contributed by atoms with Crippen LogP contribution in [0.25, 0.3) is 0 Å². The lowest BCUT2D eigenvalue weighted by molar-refractivity contribution is 0.116. The van der Waals surface area contributed by atoms with Gasteiger partial charge in [-0.2, -0.15) is 0 Å². The quantitative estimate of drug-likeness (QED) is 0.810. The van der Waals surface area contributed by atoms with Gasteiger partial charge in [-0.3, -0.25) is 4.98 Å². The second-order valence-corrected chi connectivity index (χ2v) is 6.52. The Kier molecular flexibility index (Phi) is 6.25. The van der Waals surface area contributed by atoms with Gasteiger partial charge >= 0.3 is 0 Å². The number of pyridine rings is 1. The van der Waals surface area contributed by atoms with E-state index < -0.39 is 0 Å². The zero-order chi connectivity index (χ0) is 17.5. The second-order valence-electron chi connectivity index (χ2n) is 6.52. The lowest BCUT2D eigenvalue weighted by Gasteiger charge is -2.26. The summed E-state index contributed by atoms with van der Waals surface area (Å²) in [6, 6.07) is 10.4. The van der Waals surface area contributed by atoms with Gasteiger partial charge in [-0.15, -0.1) is 0 Å².